The summed E-state index contributed by atoms with van der Waals surface area (Å²) in [5, 5.41) is 3.98. The van der Waals surface area contributed by atoms with Crippen molar-refractivity contribution >= 4 is 38.9 Å². The van der Waals surface area contributed by atoms with Gasteiger partial charge in [-0.15, -0.1) is 5.10 Å². The van der Waals surface area contributed by atoms with Crippen LogP contribution in [-0.2, 0) is 14.6 Å². The Morgan fingerprint density at radius 1 is 1.29 bits per heavy atom. The Kier molecular flexibility index (Phi) is 4.60. The highest BCUT2D eigenvalue weighted by atomic mass is 35.5. The fourth-order valence-corrected chi connectivity index (χ4v) is 3.88. The first-order valence-electron chi connectivity index (χ1n) is 5.86. The summed E-state index contributed by atoms with van der Waals surface area (Å²) < 4.78 is 33.3. The molecule has 112 valence electrons. The molecule has 1 aromatic heterocycles. The van der Waals surface area contributed by atoms with Gasteiger partial charge >= 0.3 is 5.97 Å². The minimum Gasteiger partial charge on any atom is -0.458 e. The van der Waals surface area contributed by atoms with Crippen LogP contribution < -0.4 is 0 Å². The average molecular weight is 347 g/mol. The lowest BCUT2D eigenvalue weighted by molar-refractivity contribution is 0.0366. The van der Waals surface area contributed by atoms with Crippen molar-refractivity contribution in [2.45, 2.75) is 29.1 Å². The molecule has 0 saturated carbocycles. The molecule has 0 atom stereocenters. The van der Waals surface area contributed by atoms with Gasteiger partial charge in [0.2, 0.25) is 15.5 Å². The van der Waals surface area contributed by atoms with Crippen molar-refractivity contribution < 1.29 is 17.9 Å². The van der Waals surface area contributed by atoms with Crippen molar-refractivity contribution in [3.63, 3.8) is 0 Å². The molecule has 0 aliphatic heterocycles. The van der Waals surface area contributed by atoms with Crippen molar-refractivity contribution in [3.8, 4) is 0 Å². The molecule has 0 amide bonds. The summed E-state index contributed by atoms with van der Waals surface area (Å²) in [6.07, 6.45) is -0.384. The van der Waals surface area contributed by atoms with Crippen molar-refractivity contribution in [2.24, 2.45) is 0 Å². The maximum atomic E-state index is 12.5. The Labute approximate surface area is 130 Å². The maximum absolute atomic E-state index is 12.5. The highest BCUT2D eigenvalue weighted by Gasteiger charge is 2.30. The molecule has 0 unspecified atom stereocenters. The van der Waals surface area contributed by atoms with E-state index >= 15 is 0 Å². The fourth-order valence-electron chi connectivity index (χ4n) is 1.47. The fraction of sp³-hybridized carbons (Fsp3) is 0.250. The Bertz CT molecular complexity index is 754. The van der Waals surface area contributed by atoms with E-state index in [1.54, 1.807) is 13.8 Å². The molecule has 0 spiro atoms. The summed E-state index contributed by atoms with van der Waals surface area (Å²) in [6, 6.07) is 5.62. The zero-order valence-corrected chi connectivity index (χ0v) is 13.5. The molecule has 0 radical (unpaired) electrons. The lowest BCUT2D eigenvalue weighted by Gasteiger charge is -2.07. The third-order valence-corrected chi connectivity index (χ3v) is 5.59. The molecular weight excluding hydrogens is 336 g/mol. The number of sulfone groups is 1. The van der Waals surface area contributed by atoms with Crippen LogP contribution in [0.5, 0.6) is 0 Å². The van der Waals surface area contributed by atoms with Crippen LogP contribution in [0.4, 0.5) is 0 Å². The molecular formula is C12H11ClN2O4S2. The molecule has 1 heterocycles. The lowest BCUT2D eigenvalue weighted by Crippen LogP contribution is -2.15. The van der Waals surface area contributed by atoms with Crippen LogP contribution in [0.2, 0.25) is 5.02 Å². The Hall–Kier alpha value is -1.51. The summed E-state index contributed by atoms with van der Waals surface area (Å²) in [5.41, 5.74) is -0.302. The second kappa shape index (κ2) is 6.08. The SMILES string of the molecule is CC(C)OC(=O)c1nnsc1S(=O)(=O)c1ccc(Cl)cc1. The predicted octanol–water partition coefficient (Wildman–Crippen LogP) is 2.59. The summed E-state index contributed by atoms with van der Waals surface area (Å²) in [4.78, 5) is 11.9. The van der Waals surface area contributed by atoms with Crippen LogP contribution in [0.25, 0.3) is 0 Å². The average Bonchev–Trinajstić information content (AvgIpc) is 2.88. The first kappa shape index (κ1) is 15.9. The number of ether oxygens (including phenoxy) is 1. The van der Waals surface area contributed by atoms with E-state index in [1.165, 1.54) is 24.3 Å². The van der Waals surface area contributed by atoms with E-state index in [0.29, 0.717) is 16.6 Å². The highest BCUT2D eigenvalue weighted by Crippen LogP contribution is 2.27. The zero-order valence-electron chi connectivity index (χ0n) is 11.1. The summed E-state index contributed by atoms with van der Waals surface area (Å²) >= 11 is 6.36. The first-order valence-corrected chi connectivity index (χ1v) is 8.50. The van der Waals surface area contributed by atoms with Crippen LogP contribution in [-0.4, -0.2) is 30.1 Å². The van der Waals surface area contributed by atoms with Crippen molar-refractivity contribution in [3.05, 3.63) is 35.0 Å². The minimum absolute atomic E-state index is 0.0107. The second-order valence-corrected chi connectivity index (χ2v) is 7.66. The van der Waals surface area contributed by atoms with Gasteiger partial charge in [0.05, 0.1) is 11.0 Å². The van der Waals surface area contributed by atoms with Gasteiger partial charge in [-0.3, -0.25) is 0 Å². The quantitative estimate of drug-likeness (QED) is 0.791. The van der Waals surface area contributed by atoms with Crippen LogP contribution in [0.3, 0.4) is 0 Å². The third-order valence-electron chi connectivity index (χ3n) is 2.36. The van der Waals surface area contributed by atoms with Gasteiger partial charge < -0.3 is 4.74 Å². The number of aromatic nitrogens is 2. The lowest BCUT2D eigenvalue weighted by atomic mass is 10.4. The van der Waals surface area contributed by atoms with Crippen LogP contribution in [0, 0.1) is 0 Å². The van der Waals surface area contributed by atoms with Crippen molar-refractivity contribution in [1.29, 1.82) is 0 Å². The van der Waals surface area contributed by atoms with Crippen LogP contribution >= 0.6 is 23.1 Å². The van der Waals surface area contributed by atoms with Crippen molar-refractivity contribution in [2.75, 3.05) is 0 Å². The molecule has 1 aromatic carbocycles. The van der Waals surface area contributed by atoms with Crippen molar-refractivity contribution in [1.82, 2.24) is 9.59 Å². The number of carbonyl (C=O) groups excluding carboxylic acids is 1. The minimum atomic E-state index is -3.89. The van der Waals surface area contributed by atoms with Gasteiger partial charge in [-0.05, 0) is 38.1 Å². The summed E-state index contributed by atoms with van der Waals surface area (Å²) in [7, 11) is -3.89. The van der Waals surface area contributed by atoms with E-state index in [0.717, 1.165) is 0 Å². The van der Waals surface area contributed by atoms with Gasteiger partial charge in [-0.25, -0.2) is 13.2 Å². The normalized spacial score (nSPS) is 11.6. The monoisotopic (exact) mass is 346 g/mol. The van der Waals surface area contributed by atoms with Gasteiger partial charge in [0.25, 0.3) is 0 Å². The number of halogens is 1. The molecule has 9 heteroatoms. The van der Waals surface area contributed by atoms with E-state index < -0.39 is 15.8 Å². The first-order chi connectivity index (χ1) is 9.82. The van der Waals surface area contributed by atoms with Crippen LogP contribution in [0.1, 0.15) is 24.3 Å². The molecule has 6 nitrogen and oxygen atoms in total. The molecule has 2 rings (SSSR count). The number of nitrogens with zero attached hydrogens (tertiary/aromatic N) is 2. The summed E-state index contributed by atoms with van der Waals surface area (Å²) in [6.45, 7) is 3.32. The molecule has 0 fully saturated rings. The topological polar surface area (TPSA) is 86.2 Å². The number of esters is 1. The summed E-state index contributed by atoms with van der Waals surface area (Å²) in [5.74, 6) is -0.814. The molecule has 2 aromatic rings. The Balaban J connectivity index is 2.45. The second-order valence-electron chi connectivity index (χ2n) is 4.32. The highest BCUT2D eigenvalue weighted by molar-refractivity contribution is 7.93. The van der Waals surface area contributed by atoms with Gasteiger partial charge in [0.15, 0.2) is 4.21 Å². The largest absolute Gasteiger partial charge is 0.458 e. The van der Waals surface area contributed by atoms with E-state index in [9.17, 15) is 13.2 Å². The van der Waals surface area contributed by atoms with E-state index in [4.69, 9.17) is 16.3 Å². The number of rotatable bonds is 4. The number of benzene rings is 1. The third kappa shape index (κ3) is 3.39. The van der Waals surface area contributed by atoms with Crippen LogP contribution in [0.15, 0.2) is 33.4 Å². The Morgan fingerprint density at radius 3 is 2.48 bits per heavy atom. The van der Waals surface area contributed by atoms with E-state index in [2.05, 4.69) is 9.59 Å². The standard InChI is InChI=1S/C12H11ClN2O4S2/c1-7(2)19-11(16)10-12(20-15-14-10)21(17,18)9-5-3-8(13)4-6-9/h3-7H,1-2H3. The molecule has 0 bridgehead atoms. The van der Waals surface area contributed by atoms with Gasteiger partial charge in [-0.1, -0.05) is 16.1 Å². The molecule has 21 heavy (non-hydrogen) atoms. The smallest absolute Gasteiger partial charge is 0.361 e. The van der Waals surface area contributed by atoms with Gasteiger partial charge in [0, 0.05) is 16.6 Å². The van der Waals surface area contributed by atoms with Gasteiger partial charge in [-0.2, -0.15) is 0 Å². The molecule has 0 aliphatic rings. The van der Waals surface area contributed by atoms with E-state index in [1.807, 2.05) is 0 Å². The number of hydrogen-bond donors (Lipinski definition) is 0. The predicted molar refractivity (Wildman–Crippen MR) is 77.4 cm³/mol. The molecule has 0 N–H and O–H groups in total. The Morgan fingerprint density at radius 2 is 1.90 bits per heavy atom. The molecule has 0 saturated heterocycles. The number of hydrogen-bond acceptors (Lipinski definition) is 7. The maximum Gasteiger partial charge on any atom is 0.361 e. The molecule has 0 aliphatic carbocycles. The zero-order chi connectivity index (χ0) is 15.6. The number of carbonyl (C=O) groups is 1. The van der Waals surface area contributed by atoms with E-state index in [-0.39, 0.29) is 20.9 Å². The van der Waals surface area contributed by atoms with Gasteiger partial charge in [0.1, 0.15) is 0 Å².